The van der Waals surface area contributed by atoms with E-state index in [9.17, 15) is 4.79 Å². The Labute approximate surface area is 78.2 Å². The third-order valence-electron chi connectivity index (χ3n) is 2.35. The predicted octanol–water partition coefficient (Wildman–Crippen LogP) is 2.36. The number of carboxylic acids is 1. The van der Waals surface area contributed by atoms with Gasteiger partial charge in [-0.1, -0.05) is 24.3 Å². The number of carboxylic acid groups (broad SMARTS) is 1. The third kappa shape index (κ3) is 1.72. The Bertz CT molecular complexity index is 327. The van der Waals surface area contributed by atoms with Gasteiger partial charge in [0, 0.05) is 0 Å². The maximum absolute atomic E-state index is 11.0. The largest absolute Gasteiger partial charge is 0.481 e. The zero-order chi connectivity index (χ0) is 10.1. The molecule has 0 saturated heterocycles. The lowest BCUT2D eigenvalue weighted by atomic mass is 9.82. The summed E-state index contributed by atoms with van der Waals surface area (Å²) in [7, 11) is 0. The fourth-order valence-corrected chi connectivity index (χ4v) is 1.39. The van der Waals surface area contributed by atoms with Gasteiger partial charge in [0.25, 0.3) is 0 Å². The van der Waals surface area contributed by atoms with Crippen molar-refractivity contribution in [1.82, 2.24) is 0 Å². The quantitative estimate of drug-likeness (QED) is 0.754. The molecule has 13 heavy (non-hydrogen) atoms. The van der Waals surface area contributed by atoms with E-state index in [0.29, 0.717) is 0 Å². The van der Waals surface area contributed by atoms with Crippen molar-refractivity contribution in [2.75, 3.05) is 0 Å². The molecule has 70 valence electrons. The Kier molecular flexibility index (Phi) is 2.41. The molecule has 0 fully saturated rings. The van der Waals surface area contributed by atoms with Gasteiger partial charge in [-0.15, -0.1) is 0 Å². The summed E-state index contributed by atoms with van der Waals surface area (Å²) in [6.45, 7) is 5.37. The van der Waals surface area contributed by atoms with Crippen molar-refractivity contribution in [2.45, 2.75) is 26.2 Å². The number of hydrogen-bond acceptors (Lipinski definition) is 1. The molecule has 1 aromatic rings. The average Bonchev–Trinajstić information content (AvgIpc) is 2.04. The van der Waals surface area contributed by atoms with Gasteiger partial charge < -0.3 is 5.11 Å². The third-order valence-corrected chi connectivity index (χ3v) is 2.35. The first-order valence-electron chi connectivity index (χ1n) is 4.26. The SMILES string of the molecule is Cc1ccccc1C(C)(C)C(=O)O. The summed E-state index contributed by atoms with van der Waals surface area (Å²) >= 11 is 0. The van der Waals surface area contributed by atoms with E-state index >= 15 is 0 Å². The van der Waals surface area contributed by atoms with Crippen molar-refractivity contribution in [1.29, 1.82) is 0 Å². The van der Waals surface area contributed by atoms with Gasteiger partial charge in [-0.25, -0.2) is 0 Å². The van der Waals surface area contributed by atoms with E-state index in [1.807, 2.05) is 31.2 Å². The molecule has 0 spiro atoms. The normalized spacial score (nSPS) is 11.3. The van der Waals surface area contributed by atoms with E-state index in [1.165, 1.54) is 0 Å². The second kappa shape index (κ2) is 3.21. The van der Waals surface area contributed by atoms with Crippen LogP contribution in [0, 0.1) is 6.92 Å². The number of aliphatic carboxylic acids is 1. The van der Waals surface area contributed by atoms with Crippen LogP contribution in [0.4, 0.5) is 0 Å². The van der Waals surface area contributed by atoms with E-state index in [1.54, 1.807) is 13.8 Å². The summed E-state index contributed by atoms with van der Waals surface area (Å²) in [4.78, 5) is 11.0. The van der Waals surface area contributed by atoms with Crippen LogP contribution >= 0.6 is 0 Å². The molecular formula is C11H14O2. The maximum atomic E-state index is 11.0. The Balaban J connectivity index is 3.22. The first-order chi connectivity index (χ1) is 5.96. The van der Waals surface area contributed by atoms with Gasteiger partial charge in [0.15, 0.2) is 0 Å². The minimum atomic E-state index is -0.800. The van der Waals surface area contributed by atoms with Gasteiger partial charge in [0.05, 0.1) is 5.41 Å². The molecule has 0 aliphatic carbocycles. The van der Waals surface area contributed by atoms with Crippen molar-refractivity contribution in [3.05, 3.63) is 35.4 Å². The maximum Gasteiger partial charge on any atom is 0.313 e. The second-order valence-corrected chi connectivity index (χ2v) is 3.75. The number of benzene rings is 1. The van der Waals surface area contributed by atoms with E-state index in [-0.39, 0.29) is 0 Å². The van der Waals surface area contributed by atoms with Crippen LogP contribution in [-0.4, -0.2) is 11.1 Å². The standard InChI is InChI=1S/C11H14O2/c1-8-6-4-5-7-9(8)11(2,3)10(12)13/h4-7H,1-3H3,(H,12,13). The molecular weight excluding hydrogens is 164 g/mol. The fraction of sp³-hybridized carbons (Fsp3) is 0.364. The summed E-state index contributed by atoms with van der Waals surface area (Å²) in [5, 5.41) is 9.02. The molecule has 1 N–H and O–H groups in total. The monoisotopic (exact) mass is 178 g/mol. The van der Waals surface area contributed by atoms with E-state index in [2.05, 4.69) is 0 Å². The van der Waals surface area contributed by atoms with Crippen LogP contribution in [0.25, 0.3) is 0 Å². The topological polar surface area (TPSA) is 37.3 Å². The van der Waals surface area contributed by atoms with E-state index < -0.39 is 11.4 Å². The highest BCUT2D eigenvalue weighted by atomic mass is 16.4. The molecule has 1 aromatic carbocycles. The number of aryl methyl sites for hydroxylation is 1. The van der Waals surface area contributed by atoms with E-state index in [0.717, 1.165) is 11.1 Å². The predicted molar refractivity (Wildman–Crippen MR) is 51.8 cm³/mol. The highest BCUT2D eigenvalue weighted by Crippen LogP contribution is 2.25. The van der Waals surface area contributed by atoms with Gasteiger partial charge in [-0.2, -0.15) is 0 Å². The van der Waals surface area contributed by atoms with E-state index in [4.69, 9.17) is 5.11 Å². The lowest BCUT2D eigenvalue weighted by molar-refractivity contribution is -0.142. The zero-order valence-electron chi connectivity index (χ0n) is 8.16. The first kappa shape index (κ1) is 9.78. The number of rotatable bonds is 2. The molecule has 0 atom stereocenters. The Morgan fingerprint density at radius 2 is 1.85 bits per heavy atom. The van der Waals surface area contributed by atoms with Crippen molar-refractivity contribution in [3.63, 3.8) is 0 Å². The van der Waals surface area contributed by atoms with Gasteiger partial charge >= 0.3 is 5.97 Å². The summed E-state index contributed by atoms with van der Waals surface area (Å²) in [6.07, 6.45) is 0. The molecule has 0 aliphatic rings. The lowest BCUT2D eigenvalue weighted by Crippen LogP contribution is -2.29. The highest BCUT2D eigenvalue weighted by Gasteiger charge is 2.30. The number of hydrogen-bond donors (Lipinski definition) is 1. The van der Waals surface area contributed by atoms with Crippen LogP contribution in [-0.2, 0) is 10.2 Å². The van der Waals surface area contributed by atoms with Crippen molar-refractivity contribution < 1.29 is 9.90 Å². The molecule has 2 heteroatoms. The van der Waals surface area contributed by atoms with Crippen LogP contribution < -0.4 is 0 Å². The van der Waals surface area contributed by atoms with Gasteiger partial charge in [-0.05, 0) is 31.9 Å². The van der Waals surface area contributed by atoms with Crippen molar-refractivity contribution in [3.8, 4) is 0 Å². The molecule has 0 bridgehead atoms. The molecule has 2 nitrogen and oxygen atoms in total. The fourth-order valence-electron chi connectivity index (χ4n) is 1.39. The van der Waals surface area contributed by atoms with Gasteiger partial charge in [0.1, 0.15) is 0 Å². The van der Waals surface area contributed by atoms with Crippen molar-refractivity contribution >= 4 is 5.97 Å². The van der Waals surface area contributed by atoms with Gasteiger partial charge in [-0.3, -0.25) is 4.79 Å². The second-order valence-electron chi connectivity index (χ2n) is 3.75. The minimum absolute atomic E-state index is 0.790. The Morgan fingerprint density at radius 1 is 1.31 bits per heavy atom. The van der Waals surface area contributed by atoms with Crippen LogP contribution in [0.1, 0.15) is 25.0 Å². The zero-order valence-corrected chi connectivity index (χ0v) is 8.16. The minimum Gasteiger partial charge on any atom is -0.481 e. The molecule has 0 heterocycles. The molecule has 0 aliphatic heterocycles. The highest BCUT2D eigenvalue weighted by molar-refractivity contribution is 5.80. The van der Waals surface area contributed by atoms with Gasteiger partial charge in [0.2, 0.25) is 0 Å². The molecule has 0 amide bonds. The molecule has 1 rings (SSSR count). The van der Waals surface area contributed by atoms with Crippen LogP contribution in [0.15, 0.2) is 24.3 Å². The van der Waals surface area contributed by atoms with Crippen molar-refractivity contribution in [2.24, 2.45) is 0 Å². The van der Waals surface area contributed by atoms with Crippen LogP contribution in [0.5, 0.6) is 0 Å². The Hall–Kier alpha value is -1.31. The summed E-state index contributed by atoms with van der Waals surface area (Å²) in [5.41, 5.74) is 1.10. The molecule has 0 radical (unpaired) electrons. The smallest absolute Gasteiger partial charge is 0.313 e. The number of carbonyl (C=O) groups is 1. The molecule has 0 aromatic heterocycles. The summed E-state index contributed by atoms with van der Waals surface area (Å²) in [5.74, 6) is -0.790. The van der Waals surface area contributed by atoms with Crippen LogP contribution in [0.2, 0.25) is 0 Å². The summed E-state index contributed by atoms with van der Waals surface area (Å²) in [6, 6.07) is 7.58. The molecule has 0 unspecified atom stereocenters. The molecule has 0 saturated carbocycles. The summed E-state index contributed by atoms with van der Waals surface area (Å²) < 4.78 is 0. The average molecular weight is 178 g/mol. The Morgan fingerprint density at radius 3 is 2.31 bits per heavy atom. The van der Waals surface area contributed by atoms with Crippen LogP contribution in [0.3, 0.4) is 0 Å². The lowest BCUT2D eigenvalue weighted by Gasteiger charge is -2.21. The first-order valence-corrected chi connectivity index (χ1v) is 4.26.